The van der Waals surface area contributed by atoms with Crippen LogP contribution < -0.4 is 15.6 Å². The maximum Gasteiger partial charge on any atom is 0.341 e. The number of aromatic nitrogens is 3. The number of hydrogen-bond donors (Lipinski definition) is 2. The summed E-state index contributed by atoms with van der Waals surface area (Å²) in [6.07, 6.45) is 2.72. The summed E-state index contributed by atoms with van der Waals surface area (Å²) in [6.45, 7) is 4.69. The second-order valence-corrected chi connectivity index (χ2v) is 9.37. The van der Waals surface area contributed by atoms with Crippen LogP contribution in [0.5, 0.6) is 0 Å². The molecule has 4 rings (SSSR count). The Morgan fingerprint density at radius 2 is 1.89 bits per heavy atom. The van der Waals surface area contributed by atoms with Crippen molar-refractivity contribution in [2.75, 3.05) is 31.1 Å². The van der Waals surface area contributed by atoms with Gasteiger partial charge < -0.3 is 24.8 Å². The SMILES string of the molecule is CCn1cc(C(=O)O)c(=O)c2cnc(N3CCN(C(=S)NC(=S)c4ccc(Cl)cc4Cl)CC3)nc21. The van der Waals surface area contributed by atoms with Crippen LogP contribution in [0.1, 0.15) is 22.8 Å². The molecule has 0 spiro atoms. The number of rotatable bonds is 4. The van der Waals surface area contributed by atoms with E-state index >= 15 is 0 Å². The Morgan fingerprint density at radius 1 is 1.17 bits per heavy atom. The van der Waals surface area contributed by atoms with Crippen LogP contribution in [0.2, 0.25) is 10.0 Å². The second kappa shape index (κ2) is 10.4. The second-order valence-electron chi connectivity index (χ2n) is 7.73. The topological polar surface area (TPSA) is 104 Å². The number of aromatic carboxylic acids is 1. The quantitative estimate of drug-likeness (QED) is 0.470. The van der Waals surface area contributed by atoms with Crippen LogP contribution >= 0.6 is 47.6 Å². The number of carbonyl (C=O) groups is 1. The van der Waals surface area contributed by atoms with Crippen LogP contribution in [0, 0.1) is 0 Å². The van der Waals surface area contributed by atoms with Crippen molar-refractivity contribution >= 4 is 80.7 Å². The molecule has 3 heterocycles. The van der Waals surface area contributed by atoms with Crippen molar-refractivity contribution < 1.29 is 9.90 Å². The Morgan fingerprint density at radius 3 is 2.51 bits per heavy atom. The van der Waals surface area contributed by atoms with Gasteiger partial charge in [-0.2, -0.15) is 4.98 Å². The highest BCUT2D eigenvalue weighted by atomic mass is 35.5. The number of piperazine rings is 1. The molecule has 0 radical (unpaired) electrons. The van der Waals surface area contributed by atoms with Gasteiger partial charge in [-0.05, 0) is 37.3 Å². The summed E-state index contributed by atoms with van der Waals surface area (Å²) < 4.78 is 1.64. The van der Waals surface area contributed by atoms with E-state index in [1.165, 1.54) is 12.4 Å². The lowest BCUT2D eigenvalue weighted by atomic mass is 10.2. The third-order valence-electron chi connectivity index (χ3n) is 5.62. The predicted octanol–water partition coefficient (Wildman–Crippen LogP) is 3.19. The van der Waals surface area contributed by atoms with E-state index in [-0.39, 0.29) is 10.9 Å². The number of thiocarbonyl (C=S) groups is 2. The molecule has 0 bridgehead atoms. The summed E-state index contributed by atoms with van der Waals surface area (Å²) in [7, 11) is 0. The summed E-state index contributed by atoms with van der Waals surface area (Å²) in [5, 5.41) is 14.0. The van der Waals surface area contributed by atoms with E-state index in [0.29, 0.717) is 70.0 Å². The molecule has 0 aliphatic carbocycles. The van der Waals surface area contributed by atoms with Crippen molar-refractivity contribution in [2.45, 2.75) is 13.5 Å². The van der Waals surface area contributed by atoms with Gasteiger partial charge >= 0.3 is 5.97 Å². The fourth-order valence-corrected chi connectivity index (χ4v) is 4.92. The molecule has 182 valence electrons. The standard InChI is InChI=1S/C22H20Cl2N6O3S2/c1-2-28-11-15(20(32)33)17(31)14-10-25-21(26-18(14)28)29-5-7-30(8-6-29)22(35)27-19(34)13-4-3-12(23)9-16(13)24/h3-4,9-11H,2,5-8H2,1H3,(H,32,33)(H,27,34,35). The fraction of sp³-hybridized carbons (Fsp3) is 0.273. The molecule has 9 nitrogen and oxygen atoms in total. The lowest BCUT2D eigenvalue weighted by molar-refractivity contribution is 0.0695. The molecule has 0 unspecified atom stereocenters. The Labute approximate surface area is 221 Å². The van der Waals surface area contributed by atoms with Gasteiger partial charge in [0.25, 0.3) is 0 Å². The van der Waals surface area contributed by atoms with Gasteiger partial charge in [0, 0.05) is 55.7 Å². The minimum absolute atomic E-state index is 0.175. The van der Waals surface area contributed by atoms with Crippen LogP contribution in [0.15, 0.2) is 35.4 Å². The third-order valence-corrected chi connectivity index (χ3v) is 6.85. The van der Waals surface area contributed by atoms with Gasteiger partial charge in [0.1, 0.15) is 16.2 Å². The number of carboxylic acid groups (broad SMARTS) is 1. The number of fused-ring (bicyclic) bond motifs is 1. The number of nitrogens with one attached hydrogen (secondary N) is 1. The number of hydrogen-bond acceptors (Lipinski definition) is 7. The molecular weight excluding hydrogens is 531 g/mol. The maximum atomic E-state index is 12.5. The number of halogens is 2. The van der Waals surface area contributed by atoms with Crippen LogP contribution in [0.25, 0.3) is 11.0 Å². The van der Waals surface area contributed by atoms with E-state index in [4.69, 9.17) is 47.6 Å². The first kappa shape index (κ1) is 25.2. The molecule has 1 saturated heterocycles. The summed E-state index contributed by atoms with van der Waals surface area (Å²) in [5.74, 6) is -0.814. The van der Waals surface area contributed by atoms with Gasteiger partial charge in [-0.3, -0.25) is 4.79 Å². The van der Waals surface area contributed by atoms with Crippen LogP contribution in [0.4, 0.5) is 5.95 Å². The van der Waals surface area contributed by atoms with Crippen molar-refractivity contribution in [3.05, 3.63) is 62.0 Å². The zero-order valence-electron chi connectivity index (χ0n) is 18.5. The minimum Gasteiger partial charge on any atom is -0.477 e. The Balaban J connectivity index is 1.46. The number of anilines is 1. The normalized spacial score (nSPS) is 13.7. The number of benzene rings is 1. The van der Waals surface area contributed by atoms with E-state index in [2.05, 4.69) is 15.3 Å². The summed E-state index contributed by atoms with van der Waals surface area (Å²) in [5.41, 5.74) is 0.145. The highest BCUT2D eigenvalue weighted by molar-refractivity contribution is 7.82. The van der Waals surface area contributed by atoms with Crippen molar-refractivity contribution in [1.29, 1.82) is 0 Å². The van der Waals surface area contributed by atoms with E-state index in [1.807, 2.05) is 16.7 Å². The molecular formula is C22H20Cl2N6O3S2. The fourth-order valence-electron chi connectivity index (χ4n) is 3.74. The summed E-state index contributed by atoms with van der Waals surface area (Å²) in [4.78, 5) is 37.2. The Bertz CT molecular complexity index is 1410. The van der Waals surface area contributed by atoms with E-state index in [1.54, 1.807) is 22.8 Å². The van der Waals surface area contributed by atoms with Crippen LogP contribution in [-0.2, 0) is 6.54 Å². The molecule has 35 heavy (non-hydrogen) atoms. The highest BCUT2D eigenvalue weighted by Gasteiger charge is 2.23. The molecule has 1 aromatic carbocycles. The monoisotopic (exact) mass is 550 g/mol. The summed E-state index contributed by atoms with van der Waals surface area (Å²) >= 11 is 23.2. The minimum atomic E-state index is -1.28. The summed E-state index contributed by atoms with van der Waals surface area (Å²) in [6, 6.07) is 5.08. The van der Waals surface area contributed by atoms with E-state index < -0.39 is 11.4 Å². The molecule has 1 aliphatic heterocycles. The number of aryl methyl sites for hydroxylation is 1. The Kier molecular flexibility index (Phi) is 7.50. The average Bonchev–Trinajstić information content (AvgIpc) is 2.83. The zero-order valence-corrected chi connectivity index (χ0v) is 21.6. The van der Waals surface area contributed by atoms with Crippen molar-refractivity contribution in [3.8, 4) is 0 Å². The molecule has 3 aromatic rings. The molecule has 2 N–H and O–H groups in total. The van der Waals surface area contributed by atoms with Gasteiger partial charge in [0.2, 0.25) is 11.4 Å². The lowest BCUT2D eigenvalue weighted by Crippen LogP contribution is -2.53. The van der Waals surface area contributed by atoms with Crippen LogP contribution in [-0.4, -0.2) is 66.8 Å². The molecule has 0 amide bonds. The number of pyridine rings is 1. The molecule has 0 atom stereocenters. The number of carboxylic acids is 1. The average molecular weight is 551 g/mol. The molecule has 1 aliphatic rings. The zero-order chi connectivity index (χ0) is 25.3. The smallest absolute Gasteiger partial charge is 0.341 e. The van der Waals surface area contributed by atoms with Gasteiger partial charge in [-0.15, -0.1) is 0 Å². The predicted molar refractivity (Wildman–Crippen MR) is 144 cm³/mol. The van der Waals surface area contributed by atoms with Crippen molar-refractivity contribution in [3.63, 3.8) is 0 Å². The van der Waals surface area contributed by atoms with E-state index in [9.17, 15) is 14.7 Å². The first-order valence-corrected chi connectivity index (χ1v) is 12.2. The molecule has 13 heteroatoms. The van der Waals surface area contributed by atoms with Gasteiger partial charge in [0.05, 0.1) is 10.4 Å². The van der Waals surface area contributed by atoms with Gasteiger partial charge in [-0.25, -0.2) is 9.78 Å². The first-order chi connectivity index (χ1) is 16.7. The van der Waals surface area contributed by atoms with Gasteiger partial charge in [0.15, 0.2) is 5.11 Å². The highest BCUT2D eigenvalue weighted by Crippen LogP contribution is 2.21. The molecule has 0 saturated carbocycles. The molecule has 2 aromatic heterocycles. The first-order valence-electron chi connectivity index (χ1n) is 10.6. The largest absolute Gasteiger partial charge is 0.477 e. The van der Waals surface area contributed by atoms with E-state index in [0.717, 1.165) is 0 Å². The Hall–Kier alpha value is -2.86. The third kappa shape index (κ3) is 5.22. The molecule has 1 fully saturated rings. The lowest BCUT2D eigenvalue weighted by Gasteiger charge is -2.36. The van der Waals surface area contributed by atoms with Gasteiger partial charge in [-0.1, -0.05) is 35.4 Å². The van der Waals surface area contributed by atoms with Crippen molar-refractivity contribution in [1.82, 2.24) is 24.8 Å². The van der Waals surface area contributed by atoms with Crippen LogP contribution in [0.3, 0.4) is 0 Å². The number of nitrogens with zero attached hydrogens (tertiary/aromatic N) is 5. The van der Waals surface area contributed by atoms with Crippen molar-refractivity contribution in [2.24, 2.45) is 0 Å². The maximum absolute atomic E-state index is 12.5.